The maximum absolute atomic E-state index is 6.02. The number of hydrogen-bond donors (Lipinski definition) is 0. The van der Waals surface area contributed by atoms with Crippen LogP contribution in [0.15, 0.2) is 36.4 Å². The molecule has 33 heavy (non-hydrogen) atoms. The SMILES string of the molecule is C/C=C/c1ccc(OCCN2CCN(Cc3ccc(OC)c(OC)c3OC)CC2)c(OC)c1. The molecule has 7 heteroatoms. The minimum absolute atomic E-state index is 0.628. The molecule has 0 unspecified atom stereocenters. The van der Waals surface area contributed by atoms with E-state index in [0.717, 1.165) is 67.6 Å². The van der Waals surface area contributed by atoms with Crippen LogP contribution in [0.5, 0.6) is 28.7 Å². The highest BCUT2D eigenvalue weighted by atomic mass is 16.5. The molecule has 0 N–H and O–H groups in total. The number of ether oxygens (including phenoxy) is 5. The molecule has 0 aliphatic carbocycles. The van der Waals surface area contributed by atoms with Gasteiger partial charge in [-0.3, -0.25) is 9.80 Å². The number of rotatable bonds is 11. The van der Waals surface area contributed by atoms with Crippen LogP contribution in [-0.2, 0) is 6.54 Å². The molecular formula is C26H36N2O5. The van der Waals surface area contributed by atoms with Crippen LogP contribution >= 0.6 is 0 Å². The lowest BCUT2D eigenvalue weighted by atomic mass is 10.1. The Morgan fingerprint density at radius 3 is 2.06 bits per heavy atom. The molecule has 2 aromatic carbocycles. The van der Waals surface area contributed by atoms with Crippen molar-refractivity contribution in [3.05, 3.63) is 47.5 Å². The first-order valence-electron chi connectivity index (χ1n) is 11.3. The standard InChI is InChI=1S/C26H36N2O5/c1-6-7-20-8-10-22(24(18-20)30-3)33-17-16-27-12-14-28(15-13-27)19-21-9-11-23(29-2)26(32-5)25(21)31-4/h6-11,18H,12-17,19H2,1-5H3/b7-6+. The van der Waals surface area contributed by atoms with E-state index in [-0.39, 0.29) is 0 Å². The van der Waals surface area contributed by atoms with Gasteiger partial charge in [0.05, 0.1) is 28.4 Å². The molecule has 3 rings (SSSR count). The second kappa shape index (κ2) is 12.4. The van der Waals surface area contributed by atoms with Crippen molar-refractivity contribution in [1.82, 2.24) is 9.80 Å². The maximum atomic E-state index is 6.02. The Balaban J connectivity index is 1.49. The van der Waals surface area contributed by atoms with Crippen LogP contribution in [0.1, 0.15) is 18.1 Å². The smallest absolute Gasteiger partial charge is 0.203 e. The van der Waals surface area contributed by atoms with Crippen molar-refractivity contribution >= 4 is 6.08 Å². The molecule has 1 saturated heterocycles. The number of nitrogens with zero attached hydrogens (tertiary/aromatic N) is 2. The Morgan fingerprint density at radius 1 is 0.758 bits per heavy atom. The molecule has 0 atom stereocenters. The van der Waals surface area contributed by atoms with Gasteiger partial charge in [-0.05, 0) is 30.7 Å². The van der Waals surface area contributed by atoms with E-state index in [1.54, 1.807) is 28.4 Å². The van der Waals surface area contributed by atoms with Crippen LogP contribution in [0, 0.1) is 0 Å². The van der Waals surface area contributed by atoms with Crippen LogP contribution in [-0.4, -0.2) is 77.6 Å². The third kappa shape index (κ3) is 6.33. The zero-order valence-corrected chi connectivity index (χ0v) is 20.4. The quantitative estimate of drug-likeness (QED) is 0.507. The average molecular weight is 457 g/mol. The average Bonchev–Trinajstić information content (AvgIpc) is 2.85. The van der Waals surface area contributed by atoms with Gasteiger partial charge in [0.25, 0.3) is 0 Å². The van der Waals surface area contributed by atoms with Gasteiger partial charge >= 0.3 is 0 Å². The molecule has 7 nitrogen and oxygen atoms in total. The summed E-state index contributed by atoms with van der Waals surface area (Å²) in [6.07, 6.45) is 4.06. The first kappa shape index (κ1) is 24.7. The molecule has 0 radical (unpaired) electrons. The van der Waals surface area contributed by atoms with E-state index < -0.39 is 0 Å². The molecule has 0 spiro atoms. The van der Waals surface area contributed by atoms with Crippen molar-refractivity contribution in [1.29, 1.82) is 0 Å². The Hall–Kier alpha value is -2.90. The van der Waals surface area contributed by atoms with Gasteiger partial charge in [0.15, 0.2) is 23.0 Å². The maximum Gasteiger partial charge on any atom is 0.203 e. The van der Waals surface area contributed by atoms with Gasteiger partial charge < -0.3 is 23.7 Å². The summed E-state index contributed by atoms with van der Waals surface area (Å²) in [7, 11) is 6.61. The number of benzene rings is 2. The Kier molecular flexibility index (Phi) is 9.27. The van der Waals surface area contributed by atoms with Crippen molar-refractivity contribution in [2.45, 2.75) is 13.5 Å². The van der Waals surface area contributed by atoms with Crippen LogP contribution in [0.4, 0.5) is 0 Å². The van der Waals surface area contributed by atoms with Crippen molar-refractivity contribution < 1.29 is 23.7 Å². The molecule has 2 aromatic rings. The Labute approximate surface area is 197 Å². The van der Waals surface area contributed by atoms with Crippen molar-refractivity contribution in [3.8, 4) is 28.7 Å². The van der Waals surface area contributed by atoms with E-state index in [1.165, 1.54) is 0 Å². The molecule has 0 saturated carbocycles. The summed E-state index contributed by atoms with van der Waals surface area (Å²) in [4.78, 5) is 4.87. The van der Waals surface area contributed by atoms with Crippen LogP contribution < -0.4 is 23.7 Å². The summed E-state index contributed by atoms with van der Waals surface area (Å²) < 4.78 is 28.1. The van der Waals surface area contributed by atoms with Crippen LogP contribution in [0.25, 0.3) is 6.08 Å². The van der Waals surface area contributed by atoms with Crippen LogP contribution in [0.2, 0.25) is 0 Å². The second-order valence-corrected chi connectivity index (χ2v) is 7.87. The lowest BCUT2D eigenvalue weighted by Crippen LogP contribution is -2.47. The highest BCUT2D eigenvalue weighted by molar-refractivity contribution is 5.56. The molecule has 0 amide bonds. The Bertz CT molecular complexity index is 923. The predicted molar refractivity (Wildman–Crippen MR) is 131 cm³/mol. The largest absolute Gasteiger partial charge is 0.493 e. The van der Waals surface area contributed by atoms with E-state index in [9.17, 15) is 0 Å². The van der Waals surface area contributed by atoms with Gasteiger partial charge in [0.1, 0.15) is 6.61 Å². The Morgan fingerprint density at radius 2 is 1.42 bits per heavy atom. The van der Waals surface area contributed by atoms with E-state index in [0.29, 0.717) is 18.1 Å². The topological polar surface area (TPSA) is 52.6 Å². The van der Waals surface area contributed by atoms with Gasteiger partial charge in [-0.2, -0.15) is 0 Å². The summed E-state index contributed by atoms with van der Waals surface area (Å²) in [6, 6.07) is 10.00. The first-order valence-corrected chi connectivity index (χ1v) is 11.3. The van der Waals surface area contributed by atoms with Gasteiger partial charge in [-0.1, -0.05) is 24.3 Å². The normalized spacial score (nSPS) is 14.9. The molecule has 0 aromatic heterocycles. The molecule has 1 heterocycles. The fourth-order valence-corrected chi connectivity index (χ4v) is 4.08. The van der Waals surface area contributed by atoms with E-state index in [1.807, 2.05) is 43.3 Å². The summed E-state index contributed by atoms with van der Waals surface area (Å²) in [5, 5.41) is 0. The third-order valence-corrected chi connectivity index (χ3v) is 5.86. The summed E-state index contributed by atoms with van der Waals surface area (Å²) >= 11 is 0. The molecule has 1 aliphatic heterocycles. The molecule has 180 valence electrons. The lowest BCUT2D eigenvalue weighted by Gasteiger charge is -2.35. The number of piperazine rings is 1. The van der Waals surface area contributed by atoms with E-state index in [4.69, 9.17) is 23.7 Å². The molecular weight excluding hydrogens is 420 g/mol. The van der Waals surface area contributed by atoms with Crippen molar-refractivity contribution in [3.63, 3.8) is 0 Å². The summed E-state index contributed by atoms with van der Waals surface area (Å²) in [5.41, 5.74) is 2.20. The third-order valence-electron chi connectivity index (χ3n) is 5.86. The highest BCUT2D eigenvalue weighted by Crippen LogP contribution is 2.40. The minimum Gasteiger partial charge on any atom is -0.493 e. The van der Waals surface area contributed by atoms with E-state index >= 15 is 0 Å². The highest BCUT2D eigenvalue weighted by Gasteiger charge is 2.21. The summed E-state index contributed by atoms with van der Waals surface area (Å²) in [6.45, 7) is 8.28. The van der Waals surface area contributed by atoms with Gasteiger partial charge in [0, 0.05) is 44.8 Å². The second-order valence-electron chi connectivity index (χ2n) is 7.87. The zero-order chi connectivity index (χ0) is 23.6. The lowest BCUT2D eigenvalue weighted by molar-refractivity contribution is 0.111. The molecule has 0 bridgehead atoms. The fraction of sp³-hybridized carbons (Fsp3) is 0.462. The van der Waals surface area contributed by atoms with Crippen molar-refractivity contribution in [2.75, 3.05) is 67.8 Å². The summed E-state index contributed by atoms with van der Waals surface area (Å²) in [5.74, 6) is 3.60. The van der Waals surface area contributed by atoms with Gasteiger partial charge in [-0.15, -0.1) is 0 Å². The minimum atomic E-state index is 0.628. The predicted octanol–water partition coefficient (Wildman–Crippen LogP) is 3.95. The first-order chi connectivity index (χ1) is 16.1. The molecule has 1 aliphatic rings. The monoisotopic (exact) mass is 456 g/mol. The van der Waals surface area contributed by atoms with Crippen molar-refractivity contribution in [2.24, 2.45) is 0 Å². The number of methoxy groups -OCH3 is 4. The molecule has 1 fully saturated rings. The van der Waals surface area contributed by atoms with Gasteiger partial charge in [-0.25, -0.2) is 0 Å². The van der Waals surface area contributed by atoms with E-state index in [2.05, 4.69) is 15.9 Å². The fourth-order valence-electron chi connectivity index (χ4n) is 4.08. The number of hydrogen-bond acceptors (Lipinski definition) is 7. The zero-order valence-electron chi connectivity index (χ0n) is 20.4. The van der Waals surface area contributed by atoms with Gasteiger partial charge in [0.2, 0.25) is 5.75 Å². The van der Waals surface area contributed by atoms with Crippen LogP contribution in [0.3, 0.4) is 0 Å². The number of allylic oxidation sites excluding steroid dienone is 1.